The maximum atomic E-state index is 12.0. The number of carbonyl (C=O) groups excluding carboxylic acids is 1. The molecule has 0 spiro atoms. The van der Waals surface area contributed by atoms with Crippen molar-refractivity contribution < 1.29 is 32.5 Å². The van der Waals surface area contributed by atoms with E-state index < -0.39 is 24.5 Å². The SMILES string of the molecule is O=C(OC/C=C(/CCc1ccccc1)C1(O)CCC1)OCC(F)(F)F. The van der Waals surface area contributed by atoms with E-state index in [1.54, 1.807) is 6.08 Å². The van der Waals surface area contributed by atoms with Crippen molar-refractivity contribution in [2.24, 2.45) is 0 Å². The van der Waals surface area contributed by atoms with Crippen molar-refractivity contribution in [3.8, 4) is 0 Å². The van der Waals surface area contributed by atoms with Gasteiger partial charge in [0.05, 0.1) is 5.60 Å². The Hall–Kier alpha value is -2.02. The second kappa shape index (κ2) is 8.38. The number of carbonyl (C=O) groups is 1. The molecule has 1 aliphatic rings. The Kier molecular flexibility index (Phi) is 6.47. The maximum Gasteiger partial charge on any atom is 0.508 e. The van der Waals surface area contributed by atoms with Gasteiger partial charge in [-0.3, -0.25) is 0 Å². The predicted molar refractivity (Wildman–Crippen MR) is 85.0 cm³/mol. The molecule has 25 heavy (non-hydrogen) atoms. The van der Waals surface area contributed by atoms with Gasteiger partial charge in [0, 0.05) is 0 Å². The van der Waals surface area contributed by atoms with Crippen molar-refractivity contribution in [3.05, 3.63) is 47.5 Å². The molecule has 4 nitrogen and oxygen atoms in total. The monoisotopic (exact) mass is 358 g/mol. The second-order valence-electron chi connectivity index (χ2n) is 6.06. The Balaban J connectivity index is 1.87. The van der Waals surface area contributed by atoms with E-state index in [-0.39, 0.29) is 6.61 Å². The largest absolute Gasteiger partial charge is 0.508 e. The van der Waals surface area contributed by atoms with Crippen LogP contribution in [-0.2, 0) is 15.9 Å². The van der Waals surface area contributed by atoms with Crippen LogP contribution in [0, 0.1) is 0 Å². The first-order valence-electron chi connectivity index (χ1n) is 8.11. The van der Waals surface area contributed by atoms with Gasteiger partial charge in [-0.1, -0.05) is 30.3 Å². The van der Waals surface area contributed by atoms with Crippen LogP contribution in [0.15, 0.2) is 42.0 Å². The zero-order valence-corrected chi connectivity index (χ0v) is 13.7. The summed E-state index contributed by atoms with van der Waals surface area (Å²) < 4.78 is 44.5. The smallest absolute Gasteiger partial charge is 0.430 e. The van der Waals surface area contributed by atoms with Crippen LogP contribution in [0.1, 0.15) is 31.2 Å². The van der Waals surface area contributed by atoms with Gasteiger partial charge in [-0.15, -0.1) is 0 Å². The van der Waals surface area contributed by atoms with Crippen molar-refractivity contribution in [3.63, 3.8) is 0 Å². The fraction of sp³-hybridized carbons (Fsp3) is 0.500. The quantitative estimate of drug-likeness (QED) is 0.587. The molecule has 0 heterocycles. The molecular weight excluding hydrogens is 337 g/mol. The highest BCUT2D eigenvalue weighted by Crippen LogP contribution is 2.39. The van der Waals surface area contributed by atoms with Gasteiger partial charge >= 0.3 is 12.3 Å². The number of aryl methyl sites for hydroxylation is 1. The number of alkyl halides is 3. The van der Waals surface area contributed by atoms with Crippen LogP contribution < -0.4 is 0 Å². The molecule has 0 bridgehead atoms. The van der Waals surface area contributed by atoms with E-state index in [2.05, 4.69) is 9.47 Å². The van der Waals surface area contributed by atoms with E-state index in [9.17, 15) is 23.1 Å². The predicted octanol–water partition coefficient (Wildman–Crippen LogP) is 4.18. The number of hydrogen-bond donors (Lipinski definition) is 1. The molecule has 0 aliphatic heterocycles. The second-order valence-corrected chi connectivity index (χ2v) is 6.06. The van der Waals surface area contributed by atoms with Crippen LogP contribution in [0.4, 0.5) is 18.0 Å². The first kappa shape index (κ1) is 19.3. The van der Waals surface area contributed by atoms with Crippen molar-refractivity contribution in [2.45, 2.75) is 43.9 Å². The van der Waals surface area contributed by atoms with Crippen LogP contribution in [0.5, 0.6) is 0 Å². The summed E-state index contributed by atoms with van der Waals surface area (Å²) in [6, 6.07) is 9.73. The Labute approximate surface area is 144 Å². The van der Waals surface area contributed by atoms with Crippen molar-refractivity contribution in [1.29, 1.82) is 0 Å². The number of benzene rings is 1. The molecule has 1 saturated carbocycles. The Morgan fingerprint density at radius 3 is 2.44 bits per heavy atom. The van der Waals surface area contributed by atoms with Crippen LogP contribution in [0.3, 0.4) is 0 Å². The number of ether oxygens (including phenoxy) is 2. The molecule has 1 fully saturated rings. The van der Waals surface area contributed by atoms with E-state index in [0.717, 1.165) is 17.6 Å². The normalized spacial score (nSPS) is 16.9. The van der Waals surface area contributed by atoms with E-state index in [1.807, 2.05) is 30.3 Å². The molecule has 0 amide bonds. The minimum Gasteiger partial charge on any atom is -0.430 e. The van der Waals surface area contributed by atoms with Gasteiger partial charge < -0.3 is 14.6 Å². The molecule has 7 heteroatoms. The minimum absolute atomic E-state index is 0.233. The summed E-state index contributed by atoms with van der Waals surface area (Å²) in [7, 11) is 0. The average molecular weight is 358 g/mol. The van der Waals surface area contributed by atoms with E-state index in [0.29, 0.717) is 25.7 Å². The molecule has 1 aromatic carbocycles. The first-order valence-corrected chi connectivity index (χ1v) is 8.11. The first-order chi connectivity index (χ1) is 11.8. The van der Waals surface area contributed by atoms with E-state index >= 15 is 0 Å². The molecule has 0 radical (unpaired) electrons. The number of rotatable bonds is 7. The summed E-state index contributed by atoms with van der Waals surface area (Å²) in [4.78, 5) is 11.1. The molecule has 2 rings (SSSR count). The van der Waals surface area contributed by atoms with Gasteiger partial charge in [-0.2, -0.15) is 13.2 Å². The van der Waals surface area contributed by atoms with Crippen molar-refractivity contribution in [2.75, 3.05) is 13.2 Å². The van der Waals surface area contributed by atoms with E-state index in [4.69, 9.17) is 0 Å². The fourth-order valence-corrected chi connectivity index (χ4v) is 2.67. The van der Waals surface area contributed by atoms with Gasteiger partial charge in [0.25, 0.3) is 0 Å². The maximum absolute atomic E-state index is 12.0. The Morgan fingerprint density at radius 1 is 1.20 bits per heavy atom. The molecule has 1 aromatic rings. The zero-order valence-electron chi connectivity index (χ0n) is 13.7. The Morgan fingerprint density at radius 2 is 1.88 bits per heavy atom. The molecule has 138 valence electrons. The minimum atomic E-state index is -4.59. The van der Waals surface area contributed by atoms with E-state index in [1.165, 1.54) is 0 Å². The summed E-state index contributed by atoms with van der Waals surface area (Å²) in [5.74, 6) is 0. The molecule has 1 aliphatic carbocycles. The molecule has 0 saturated heterocycles. The third kappa shape index (κ3) is 6.42. The average Bonchev–Trinajstić information content (AvgIpc) is 2.54. The Bertz CT molecular complexity index is 592. The van der Waals surface area contributed by atoms with Crippen LogP contribution in [0.2, 0.25) is 0 Å². The van der Waals surface area contributed by atoms with Crippen molar-refractivity contribution in [1.82, 2.24) is 0 Å². The van der Waals surface area contributed by atoms with Crippen LogP contribution >= 0.6 is 0 Å². The lowest BCUT2D eigenvalue weighted by molar-refractivity contribution is -0.165. The highest BCUT2D eigenvalue weighted by Gasteiger charge is 2.37. The highest BCUT2D eigenvalue weighted by atomic mass is 19.4. The number of aliphatic hydroxyl groups is 1. The fourth-order valence-electron chi connectivity index (χ4n) is 2.67. The lowest BCUT2D eigenvalue weighted by atomic mass is 9.73. The topological polar surface area (TPSA) is 55.8 Å². The van der Waals surface area contributed by atoms with Crippen LogP contribution in [0.25, 0.3) is 0 Å². The molecular formula is C18H21F3O4. The van der Waals surface area contributed by atoms with Gasteiger partial charge in [0.1, 0.15) is 6.61 Å². The summed E-state index contributed by atoms with van der Waals surface area (Å²) in [6.07, 6.45) is -0.925. The van der Waals surface area contributed by atoms with Gasteiger partial charge in [-0.05, 0) is 49.3 Å². The van der Waals surface area contributed by atoms with Crippen molar-refractivity contribution >= 4 is 6.16 Å². The summed E-state index contributed by atoms with van der Waals surface area (Å²) in [5.41, 5.74) is 0.946. The van der Waals surface area contributed by atoms with Gasteiger partial charge in [0.15, 0.2) is 6.61 Å². The number of halogens is 3. The number of hydrogen-bond acceptors (Lipinski definition) is 4. The highest BCUT2D eigenvalue weighted by molar-refractivity contribution is 5.60. The van der Waals surface area contributed by atoms with Gasteiger partial charge in [-0.25, -0.2) is 4.79 Å². The molecule has 0 aromatic heterocycles. The van der Waals surface area contributed by atoms with Crippen LogP contribution in [-0.4, -0.2) is 36.3 Å². The summed E-state index contributed by atoms with van der Waals surface area (Å²) in [6.45, 7) is -1.91. The lowest BCUT2D eigenvalue weighted by Crippen LogP contribution is -2.39. The standard InChI is InChI=1S/C18H21F3O4/c19-18(20,21)13-25-16(22)24-12-9-15(17(23)10-4-11-17)8-7-14-5-2-1-3-6-14/h1-3,5-6,9,23H,4,7-8,10-13H2/b15-9-. The molecule has 0 unspecified atom stereocenters. The third-order valence-electron chi connectivity index (χ3n) is 4.19. The zero-order chi connectivity index (χ0) is 18.3. The summed E-state index contributed by atoms with van der Waals surface area (Å²) in [5, 5.41) is 10.5. The van der Waals surface area contributed by atoms with Gasteiger partial charge in [0.2, 0.25) is 0 Å². The molecule has 0 atom stereocenters. The third-order valence-corrected chi connectivity index (χ3v) is 4.19. The summed E-state index contributed by atoms with van der Waals surface area (Å²) >= 11 is 0. The molecule has 1 N–H and O–H groups in total. The lowest BCUT2D eigenvalue weighted by Gasteiger charge is -2.39.